The summed E-state index contributed by atoms with van der Waals surface area (Å²) in [5.74, 6) is 2.18. The van der Waals surface area contributed by atoms with Crippen LogP contribution in [0.3, 0.4) is 0 Å². The fraction of sp³-hybridized carbons (Fsp3) is 0.0889. The predicted molar refractivity (Wildman–Crippen MR) is 204 cm³/mol. The van der Waals surface area contributed by atoms with Gasteiger partial charge in [-0.1, -0.05) is 140 Å². The predicted octanol–water partition coefficient (Wildman–Crippen LogP) is 10.9. The van der Waals surface area contributed by atoms with E-state index in [4.69, 9.17) is 24.9 Å². The maximum Gasteiger partial charge on any atom is 0.164 e. The molecule has 9 rings (SSSR count). The second-order valence-corrected chi connectivity index (χ2v) is 12.8. The number of allylic oxidation sites excluding steroid dienone is 4. The maximum atomic E-state index is 5.06. The van der Waals surface area contributed by atoms with Crippen LogP contribution in [0.4, 0.5) is 5.69 Å². The van der Waals surface area contributed by atoms with Crippen molar-refractivity contribution in [1.29, 1.82) is 0 Å². The molecule has 3 heterocycles. The van der Waals surface area contributed by atoms with Crippen molar-refractivity contribution in [2.24, 2.45) is 4.99 Å². The molecular formula is C45H33N5. The van der Waals surface area contributed by atoms with E-state index in [1.54, 1.807) is 0 Å². The number of benzene rings is 5. The Morgan fingerprint density at radius 2 is 1.24 bits per heavy atom. The molecule has 1 aliphatic heterocycles. The van der Waals surface area contributed by atoms with Gasteiger partial charge in [-0.3, -0.25) is 9.98 Å². The lowest BCUT2D eigenvalue weighted by atomic mass is 9.88. The summed E-state index contributed by atoms with van der Waals surface area (Å²) in [6.07, 6.45) is 13.4. The lowest BCUT2D eigenvalue weighted by molar-refractivity contribution is 0.859. The first-order valence-corrected chi connectivity index (χ1v) is 17.2. The molecule has 0 bridgehead atoms. The van der Waals surface area contributed by atoms with Gasteiger partial charge in [-0.2, -0.15) is 0 Å². The molecular weight excluding hydrogens is 611 g/mol. The highest BCUT2D eigenvalue weighted by Gasteiger charge is 2.19. The molecule has 5 aromatic carbocycles. The molecule has 0 saturated carbocycles. The molecule has 0 saturated heterocycles. The van der Waals surface area contributed by atoms with Crippen molar-refractivity contribution < 1.29 is 0 Å². The summed E-state index contributed by atoms with van der Waals surface area (Å²) in [5.41, 5.74) is 12.1. The zero-order valence-electron chi connectivity index (χ0n) is 27.4. The van der Waals surface area contributed by atoms with E-state index >= 15 is 0 Å². The molecule has 1 unspecified atom stereocenters. The lowest BCUT2D eigenvalue weighted by Gasteiger charge is -2.18. The number of pyridine rings is 1. The van der Waals surface area contributed by atoms with E-state index in [2.05, 4.69) is 133 Å². The van der Waals surface area contributed by atoms with Gasteiger partial charge < -0.3 is 0 Å². The van der Waals surface area contributed by atoms with Crippen LogP contribution in [0, 0.1) is 0 Å². The van der Waals surface area contributed by atoms with Gasteiger partial charge in [0.15, 0.2) is 17.5 Å². The van der Waals surface area contributed by atoms with Crippen LogP contribution in [0.15, 0.2) is 157 Å². The average molecular weight is 644 g/mol. The van der Waals surface area contributed by atoms with E-state index in [-0.39, 0.29) is 5.92 Å². The molecule has 0 fully saturated rings. The van der Waals surface area contributed by atoms with Crippen molar-refractivity contribution in [2.75, 3.05) is 0 Å². The number of rotatable bonds is 6. The van der Waals surface area contributed by atoms with Crippen molar-refractivity contribution in [3.63, 3.8) is 0 Å². The average Bonchev–Trinajstić information content (AvgIpc) is 3.21. The Labute approximate surface area is 291 Å². The first kappa shape index (κ1) is 29.8. The first-order valence-electron chi connectivity index (χ1n) is 17.2. The summed E-state index contributed by atoms with van der Waals surface area (Å²) in [4.78, 5) is 24.6. The Morgan fingerprint density at radius 1 is 0.560 bits per heavy atom. The second kappa shape index (κ2) is 12.9. The SMILES string of the molecule is C1=CC(c2cccc3cccnc23)CC=C1c1nc(-c2ccc(-c3ccccc3)cc2)nc(-c2ccc(-c3cccc4c3N=CCC4)cc2)n1. The number of aromatic nitrogens is 4. The van der Waals surface area contributed by atoms with Crippen molar-refractivity contribution in [3.05, 3.63) is 169 Å². The van der Waals surface area contributed by atoms with Crippen LogP contribution in [-0.4, -0.2) is 26.2 Å². The molecule has 7 aromatic rings. The molecule has 5 nitrogen and oxygen atoms in total. The molecule has 1 atom stereocenters. The highest BCUT2D eigenvalue weighted by Crippen LogP contribution is 2.37. The largest absolute Gasteiger partial charge is 0.260 e. The Morgan fingerprint density at radius 3 is 2.00 bits per heavy atom. The highest BCUT2D eigenvalue weighted by molar-refractivity contribution is 5.85. The van der Waals surface area contributed by atoms with Gasteiger partial charge in [-0.25, -0.2) is 15.0 Å². The summed E-state index contributed by atoms with van der Waals surface area (Å²) >= 11 is 0. The quantitative estimate of drug-likeness (QED) is 0.181. The molecule has 2 aromatic heterocycles. The van der Waals surface area contributed by atoms with Gasteiger partial charge in [0, 0.05) is 46.0 Å². The van der Waals surface area contributed by atoms with Gasteiger partial charge in [0.1, 0.15) is 0 Å². The van der Waals surface area contributed by atoms with Gasteiger partial charge in [0.05, 0.1) is 11.2 Å². The van der Waals surface area contributed by atoms with E-state index in [1.165, 1.54) is 16.7 Å². The number of para-hydroxylation sites is 2. The molecule has 0 N–H and O–H groups in total. The minimum absolute atomic E-state index is 0.226. The van der Waals surface area contributed by atoms with E-state index in [0.717, 1.165) is 69.2 Å². The Balaban J connectivity index is 1.08. The van der Waals surface area contributed by atoms with Crippen LogP contribution in [0.5, 0.6) is 0 Å². The zero-order chi connectivity index (χ0) is 33.3. The number of nitrogens with zero attached hydrogens (tertiary/aromatic N) is 5. The van der Waals surface area contributed by atoms with Crippen LogP contribution in [0.25, 0.3) is 61.5 Å². The van der Waals surface area contributed by atoms with Crippen molar-refractivity contribution in [3.8, 4) is 45.0 Å². The summed E-state index contributed by atoms with van der Waals surface area (Å²) in [7, 11) is 0. The standard InChI is InChI=1S/C45H33N5/c1-2-8-30(9-3-1)31-16-22-36(23-17-31)43-48-44(37-24-18-32(19-25-37)39-14-4-10-34-12-6-28-46-41(34)39)50-45(49-43)38-26-20-33(21-27-38)40-15-5-11-35-13-7-29-47-42(35)40/h1-6,8-12,14-18,20-29,32H,7,13,19H2. The molecule has 5 heteroatoms. The number of fused-ring (bicyclic) bond motifs is 2. The number of aryl methyl sites for hydroxylation is 1. The smallest absolute Gasteiger partial charge is 0.164 e. The fourth-order valence-corrected chi connectivity index (χ4v) is 7.00. The molecule has 1 aliphatic carbocycles. The van der Waals surface area contributed by atoms with Crippen LogP contribution >= 0.6 is 0 Å². The normalized spacial score (nSPS) is 15.1. The molecule has 238 valence electrons. The van der Waals surface area contributed by atoms with Crippen molar-refractivity contribution >= 4 is 28.4 Å². The molecule has 50 heavy (non-hydrogen) atoms. The fourth-order valence-electron chi connectivity index (χ4n) is 7.00. The van der Waals surface area contributed by atoms with Gasteiger partial charge in [0.25, 0.3) is 0 Å². The number of hydrogen-bond donors (Lipinski definition) is 0. The number of hydrogen-bond acceptors (Lipinski definition) is 5. The molecule has 0 radical (unpaired) electrons. The maximum absolute atomic E-state index is 5.06. The topological polar surface area (TPSA) is 63.9 Å². The third-order valence-electron chi connectivity index (χ3n) is 9.64. The van der Waals surface area contributed by atoms with E-state index in [9.17, 15) is 0 Å². The van der Waals surface area contributed by atoms with Gasteiger partial charge >= 0.3 is 0 Å². The van der Waals surface area contributed by atoms with Gasteiger partial charge in [0.2, 0.25) is 0 Å². The van der Waals surface area contributed by atoms with Crippen LogP contribution < -0.4 is 0 Å². The highest BCUT2D eigenvalue weighted by atomic mass is 15.0. The lowest BCUT2D eigenvalue weighted by Crippen LogP contribution is -2.05. The van der Waals surface area contributed by atoms with Crippen molar-refractivity contribution in [2.45, 2.75) is 25.2 Å². The van der Waals surface area contributed by atoms with Crippen molar-refractivity contribution in [1.82, 2.24) is 19.9 Å². The van der Waals surface area contributed by atoms with Crippen LogP contribution in [0.1, 0.15) is 35.7 Å². The first-order chi connectivity index (χ1) is 24.8. The van der Waals surface area contributed by atoms with E-state index in [0.29, 0.717) is 17.5 Å². The van der Waals surface area contributed by atoms with E-state index < -0.39 is 0 Å². The minimum atomic E-state index is 0.226. The summed E-state index contributed by atoms with van der Waals surface area (Å²) < 4.78 is 0. The second-order valence-electron chi connectivity index (χ2n) is 12.8. The van der Waals surface area contributed by atoms with Gasteiger partial charge in [-0.15, -0.1) is 0 Å². The monoisotopic (exact) mass is 643 g/mol. The summed E-state index contributed by atoms with van der Waals surface area (Å²) in [5, 5.41) is 1.16. The zero-order valence-corrected chi connectivity index (χ0v) is 27.4. The third kappa shape index (κ3) is 5.73. The Kier molecular flexibility index (Phi) is 7.71. The van der Waals surface area contributed by atoms with E-state index in [1.807, 2.05) is 24.5 Å². The molecule has 2 aliphatic rings. The number of aliphatic imine (C=N–C) groups is 1. The Hall–Kier alpha value is -6.33. The third-order valence-corrected chi connectivity index (χ3v) is 9.64. The Bertz CT molecular complexity index is 2440. The van der Waals surface area contributed by atoms with Crippen LogP contribution in [0.2, 0.25) is 0 Å². The molecule has 0 amide bonds. The molecule has 0 spiro atoms. The van der Waals surface area contributed by atoms with Gasteiger partial charge in [-0.05, 0) is 53.1 Å². The summed E-state index contributed by atoms with van der Waals surface area (Å²) in [6.45, 7) is 0. The minimum Gasteiger partial charge on any atom is -0.260 e. The summed E-state index contributed by atoms with van der Waals surface area (Å²) in [6, 6.07) is 44.4. The van der Waals surface area contributed by atoms with Crippen LogP contribution in [-0.2, 0) is 6.42 Å².